The lowest BCUT2D eigenvalue weighted by Crippen LogP contribution is -2.34. The topological polar surface area (TPSA) is 138 Å². The number of aromatic nitrogens is 3. The summed E-state index contributed by atoms with van der Waals surface area (Å²) >= 11 is 0. The van der Waals surface area contributed by atoms with Crippen LogP contribution in [0.25, 0.3) is 11.1 Å². The molecular formula is C33H36N6O4. The number of hydrogen-bond acceptors (Lipinski definition) is 6. The second-order valence-corrected chi connectivity index (χ2v) is 10.9. The van der Waals surface area contributed by atoms with Crippen molar-refractivity contribution in [1.29, 1.82) is 0 Å². The van der Waals surface area contributed by atoms with E-state index in [1.54, 1.807) is 16.4 Å². The first-order valence-electron chi connectivity index (χ1n) is 14.6. The Labute approximate surface area is 250 Å². The summed E-state index contributed by atoms with van der Waals surface area (Å²) < 4.78 is 1.65. The molecule has 10 nitrogen and oxygen atoms in total. The van der Waals surface area contributed by atoms with Gasteiger partial charge in [0.25, 0.3) is 0 Å². The number of benzene rings is 3. The van der Waals surface area contributed by atoms with E-state index in [0.717, 1.165) is 30.5 Å². The normalized spacial score (nSPS) is 12.2. The minimum atomic E-state index is -0.600. The Morgan fingerprint density at radius 1 is 0.907 bits per heavy atom. The van der Waals surface area contributed by atoms with Crippen molar-refractivity contribution >= 4 is 23.4 Å². The second-order valence-electron chi connectivity index (χ2n) is 10.9. The number of amides is 3. The lowest BCUT2D eigenvalue weighted by Gasteiger charge is -2.15. The molecular weight excluding hydrogens is 544 g/mol. The van der Waals surface area contributed by atoms with Gasteiger partial charge in [0.15, 0.2) is 0 Å². The van der Waals surface area contributed by atoms with Gasteiger partial charge in [0, 0.05) is 31.0 Å². The van der Waals surface area contributed by atoms with E-state index in [2.05, 4.69) is 45.2 Å². The van der Waals surface area contributed by atoms with Crippen LogP contribution in [-0.4, -0.2) is 37.9 Å². The fourth-order valence-electron chi connectivity index (χ4n) is 5.49. The maximum Gasteiger partial charge on any atom is 0.244 e. The average Bonchev–Trinajstić information content (AvgIpc) is 3.63. The van der Waals surface area contributed by atoms with Crippen LogP contribution in [0, 0.1) is 5.92 Å². The van der Waals surface area contributed by atoms with Crippen molar-refractivity contribution in [2.75, 3.05) is 5.32 Å². The second kappa shape index (κ2) is 14.4. The summed E-state index contributed by atoms with van der Waals surface area (Å²) in [5.41, 5.74) is 9.16. The summed E-state index contributed by atoms with van der Waals surface area (Å²) in [5.74, 6) is -1.52. The zero-order chi connectivity index (χ0) is 30.0. The van der Waals surface area contributed by atoms with Gasteiger partial charge in [-0.15, -0.1) is 5.10 Å². The molecule has 43 heavy (non-hydrogen) atoms. The molecule has 0 saturated heterocycles. The van der Waals surface area contributed by atoms with E-state index in [1.165, 1.54) is 22.3 Å². The molecule has 0 saturated carbocycles. The molecule has 0 aliphatic heterocycles. The largest absolute Gasteiger partial charge is 0.350 e. The number of carbonyl (C=O) groups excluding carboxylic acids is 3. The quantitative estimate of drug-likeness (QED) is 0.113. The molecule has 1 unspecified atom stereocenters. The van der Waals surface area contributed by atoms with E-state index < -0.39 is 11.8 Å². The maximum absolute atomic E-state index is 12.9. The number of nitrogens with zero attached hydrogens (tertiary/aromatic N) is 3. The van der Waals surface area contributed by atoms with Gasteiger partial charge >= 0.3 is 0 Å². The van der Waals surface area contributed by atoms with Gasteiger partial charge in [-0.3, -0.25) is 24.3 Å². The summed E-state index contributed by atoms with van der Waals surface area (Å²) in [6.45, 7) is 0.671. The molecule has 3 amide bonds. The van der Waals surface area contributed by atoms with Crippen LogP contribution in [0.5, 0.6) is 0 Å². The van der Waals surface area contributed by atoms with Crippen LogP contribution in [0.15, 0.2) is 79.0 Å². The molecule has 4 N–H and O–H groups in total. The highest BCUT2D eigenvalue weighted by molar-refractivity contribution is 5.91. The highest BCUT2D eigenvalue weighted by atomic mass is 16.5. The van der Waals surface area contributed by atoms with E-state index >= 15 is 0 Å². The van der Waals surface area contributed by atoms with Crippen molar-refractivity contribution in [3.63, 3.8) is 0 Å². The van der Waals surface area contributed by atoms with Crippen molar-refractivity contribution in [2.45, 2.75) is 58.0 Å². The SMILES string of the molecule is O=C(CC(CCCc1ccccc1)C(=O)NCc1cn(CCCC(=O)Nc2ccc3c(c2)Cc2ccccc2-3)nn1)NO. The predicted octanol–water partition coefficient (Wildman–Crippen LogP) is 4.42. The number of aryl methyl sites for hydroxylation is 2. The van der Waals surface area contributed by atoms with Gasteiger partial charge in [-0.1, -0.05) is 65.9 Å². The third kappa shape index (κ3) is 8.14. The molecule has 1 aliphatic rings. The van der Waals surface area contributed by atoms with Crippen LogP contribution in [0.4, 0.5) is 5.69 Å². The average molecular weight is 581 g/mol. The molecule has 0 radical (unpaired) electrons. The fraction of sp³-hybridized carbons (Fsp3) is 0.303. The number of anilines is 1. The first-order valence-corrected chi connectivity index (χ1v) is 14.6. The van der Waals surface area contributed by atoms with Crippen LogP contribution in [0.2, 0.25) is 0 Å². The van der Waals surface area contributed by atoms with Gasteiger partial charge in [0.05, 0.1) is 12.7 Å². The van der Waals surface area contributed by atoms with E-state index in [9.17, 15) is 14.4 Å². The van der Waals surface area contributed by atoms with Crippen molar-refractivity contribution in [2.24, 2.45) is 5.92 Å². The van der Waals surface area contributed by atoms with Crippen LogP contribution >= 0.6 is 0 Å². The smallest absolute Gasteiger partial charge is 0.244 e. The summed E-state index contributed by atoms with van der Waals surface area (Å²) in [4.78, 5) is 37.2. The lowest BCUT2D eigenvalue weighted by atomic mass is 9.95. The number of fused-ring (bicyclic) bond motifs is 3. The van der Waals surface area contributed by atoms with Gasteiger partial charge < -0.3 is 10.6 Å². The van der Waals surface area contributed by atoms with Crippen molar-refractivity contribution in [1.82, 2.24) is 25.8 Å². The Hall–Kier alpha value is -4.83. The van der Waals surface area contributed by atoms with E-state index in [4.69, 9.17) is 5.21 Å². The molecule has 10 heteroatoms. The van der Waals surface area contributed by atoms with Crippen LogP contribution in [0.1, 0.15) is 54.5 Å². The number of hydrogen-bond donors (Lipinski definition) is 4. The van der Waals surface area contributed by atoms with Gasteiger partial charge in [0.1, 0.15) is 5.69 Å². The van der Waals surface area contributed by atoms with Gasteiger partial charge in [-0.05, 0) is 72.1 Å². The third-order valence-electron chi connectivity index (χ3n) is 7.69. The minimum absolute atomic E-state index is 0.0618. The number of rotatable bonds is 14. The molecule has 1 aromatic heterocycles. The molecule has 4 aromatic rings. The number of nitrogens with one attached hydrogen (secondary N) is 3. The molecule has 1 aliphatic carbocycles. The molecule has 1 heterocycles. The highest BCUT2D eigenvalue weighted by Gasteiger charge is 2.22. The van der Waals surface area contributed by atoms with Gasteiger partial charge in [-0.25, -0.2) is 5.48 Å². The molecule has 0 fully saturated rings. The van der Waals surface area contributed by atoms with Crippen LogP contribution in [0.3, 0.4) is 0 Å². The minimum Gasteiger partial charge on any atom is -0.350 e. The molecule has 3 aromatic carbocycles. The van der Waals surface area contributed by atoms with Gasteiger partial charge in [-0.2, -0.15) is 0 Å². The standard InChI is InChI=1S/C33H36N6O4/c40-31(35-27-15-16-30-26(19-27)18-24-11-4-5-13-29(24)30)14-7-17-39-22-28(36-38-39)21-34-33(42)25(20-32(41)37-43)12-6-10-23-8-2-1-3-9-23/h1-5,8-9,11,13,15-16,19,22,25,43H,6-7,10,12,14,17-18,20-21H2,(H,34,42)(H,35,40)(H,37,41). The molecule has 1 atom stereocenters. The van der Waals surface area contributed by atoms with E-state index in [-0.39, 0.29) is 24.8 Å². The Morgan fingerprint density at radius 2 is 1.70 bits per heavy atom. The Morgan fingerprint density at radius 3 is 2.53 bits per heavy atom. The summed E-state index contributed by atoms with van der Waals surface area (Å²) in [5, 5.41) is 23.0. The third-order valence-corrected chi connectivity index (χ3v) is 7.69. The Balaban J connectivity index is 1.04. The molecule has 5 rings (SSSR count). The van der Waals surface area contributed by atoms with Crippen LogP contribution in [-0.2, 0) is 40.3 Å². The molecule has 0 spiro atoms. The van der Waals surface area contributed by atoms with Gasteiger partial charge in [0.2, 0.25) is 17.7 Å². The van der Waals surface area contributed by atoms with Crippen molar-refractivity contribution < 1.29 is 19.6 Å². The molecule has 222 valence electrons. The maximum atomic E-state index is 12.9. The first kappa shape index (κ1) is 29.7. The number of carbonyl (C=O) groups is 3. The lowest BCUT2D eigenvalue weighted by molar-refractivity contribution is -0.135. The summed E-state index contributed by atoms with van der Waals surface area (Å²) in [6.07, 6.45) is 5.44. The van der Waals surface area contributed by atoms with Crippen molar-refractivity contribution in [3.05, 3.63) is 101 Å². The fourth-order valence-corrected chi connectivity index (χ4v) is 5.49. The highest BCUT2D eigenvalue weighted by Crippen LogP contribution is 2.37. The Bertz CT molecular complexity index is 1570. The first-order chi connectivity index (χ1) is 21.0. The van der Waals surface area contributed by atoms with E-state index in [0.29, 0.717) is 31.5 Å². The number of hydroxylamine groups is 1. The monoisotopic (exact) mass is 580 g/mol. The van der Waals surface area contributed by atoms with E-state index in [1.807, 2.05) is 48.5 Å². The zero-order valence-electron chi connectivity index (χ0n) is 24.0. The van der Waals surface area contributed by atoms with Crippen LogP contribution < -0.4 is 16.1 Å². The van der Waals surface area contributed by atoms with Crippen molar-refractivity contribution in [3.8, 4) is 11.1 Å². The summed E-state index contributed by atoms with van der Waals surface area (Å²) in [7, 11) is 0. The molecule has 0 bridgehead atoms. The Kier molecular flexibility index (Phi) is 9.91. The zero-order valence-corrected chi connectivity index (χ0v) is 24.0. The predicted molar refractivity (Wildman–Crippen MR) is 162 cm³/mol. The summed E-state index contributed by atoms with van der Waals surface area (Å²) in [6, 6.07) is 24.4.